The van der Waals surface area contributed by atoms with Gasteiger partial charge in [0.1, 0.15) is 17.3 Å². The second-order valence-corrected chi connectivity index (χ2v) is 8.49. The minimum Gasteiger partial charge on any atom is -0.362 e. The van der Waals surface area contributed by atoms with Crippen molar-refractivity contribution in [1.82, 2.24) is 25.2 Å². The van der Waals surface area contributed by atoms with E-state index in [0.29, 0.717) is 17.5 Å². The highest BCUT2D eigenvalue weighted by atomic mass is 16.2. The lowest BCUT2D eigenvalue weighted by atomic mass is 10.0. The molecule has 0 unspecified atom stereocenters. The van der Waals surface area contributed by atoms with Gasteiger partial charge in [-0.15, -0.1) is 0 Å². The van der Waals surface area contributed by atoms with Crippen LogP contribution < -0.4 is 15.1 Å². The number of carbonyl (C=O) groups excluding carboxylic acids is 1. The molecule has 2 aromatic heterocycles. The molecule has 5 heterocycles. The van der Waals surface area contributed by atoms with Crippen LogP contribution in [0.1, 0.15) is 21.6 Å². The van der Waals surface area contributed by atoms with Crippen molar-refractivity contribution in [3.63, 3.8) is 0 Å². The second-order valence-electron chi connectivity index (χ2n) is 8.49. The van der Waals surface area contributed by atoms with Gasteiger partial charge >= 0.3 is 0 Å². The summed E-state index contributed by atoms with van der Waals surface area (Å²) in [7, 11) is 4.04. The molecule has 29 heavy (non-hydrogen) atoms. The van der Waals surface area contributed by atoms with Crippen LogP contribution in [0.2, 0.25) is 0 Å². The minimum atomic E-state index is 0.00142. The lowest BCUT2D eigenvalue weighted by Gasteiger charge is -2.31. The topological polar surface area (TPSA) is 77.5 Å². The predicted molar refractivity (Wildman–Crippen MR) is 111 cm³/mol. The molecule has 2 aromatic rings. The number of hydrogen-bond acceptors (Lipinski definition) is 7. The molecule has 2 atom stereocenters. The lowest BCUT2D eigenvalue weighted by molar-refractivity contribution is 0.0775. The van der Waals surface area contributed by atoms with Gasteiger partial charge in [-0.3, -0.25) is 4.79 Å². The van der Waals surface area contributed by atoms with E-state index in [1.807, 2.05) is 25.2 Å². The third-order valence-corrected chi connectivity index (χ3v) is 6.41. The maximum absolute atomic E-state index is 12.8. The highest BCUT2D eigenvalue weighted by Crippen LogP contribution is 2.29. The average molecular weight is 393 g/mol. The Bertz CT molecular complexity index is 902. The van der Waals surface area contributed by atoms with Crippen molar-refractivity contribution in [3.8, 4) is 0 Å². The Morgan fingerprint density at radius 2 is 1.93 bits per heavy atom. The summed E-state index contributed by atoms with van der Waals surface area (Å²) in [5, 5.41) is 3.41. The van der Waals surface area contributed by atoms with Gasteiger partial charge in [0.2, 0.25) is 0 Å². The number of amides is 1. The fourth-order valence-corrected chi connectivity index (χ4v) is 4.81. The van der Waals surface area contributed by atoms with E-state index in [1.165, 1.54) is 11.1 Å². The maximum atomic E-state index is 12.8. The van der Waals surface area contributed by atoms with Gasteiger partial charge in [-0.1, -0.05) is 0 Å². The number of hydrogen-bond donors (Lipinski definition) is 1. The number of fused-ring (bicyclic) bond motifs is 2. The molecule has 5 rings (SSSR count). The van der Waals surface area contributed by atoms with Gasteiger partial charge in [0.05, 0.1) is 12.4 Å². The second kappa shape index (κ2) is 7.26. The van der Waals surface area contributed by atoms with Crippen LogP contribution in [0.25, 0.3) is 0 Å². The third kappa shape index (κ3) is 3.31. The summed E-state index contributed by atoms with van der Waals surface area (Å²) in [5.74, 6) is 2.98. The normalized spacial score (nSPS) is 23.1. The van der Waals surface area contributed by atoms with E-state index in [1.54, 1.807) is 12.4 Å². The number of carbonyl (C=O) groups is 1. The molecule has 8 nitrogen and oxygen atoms in total. The summed E-state index contributed by atoms with van der Waals surface area (Å²) >= 11 is 0. The van der Waals surface area contributed by atoms with Gasteiger partial charge in [-0.25, -0.2) is 15.0 Å². The van der Waals surface area contributed by atoms with Crippen LogP contribution >= 0.6 is 0 Å². The van der Waals surface area contributed by atoms with Gasteiger partial charge in [0.15, 0.2) is 0 Å². The van der Waals surface area contributed by atoms with E-state index < -0.39 is 0 Å². The molecule has 0 aromatic carbocycles. The summed E-state index contributed by atoms with van der Waals surface area (Å²) in [5.41, 5.74) is 3.02. The summed E-state index contributed by atoms with van der Waals surface area (Å²) in [6, 6.07) is 2.11. The summed E-state index contributed by atoms with van der Waals surface area (Å²) in [6.07, 6.45) is 6.20. The van der Waals surface area contributed by atoms with Gasteiger partial charge in [0, 0.05) is 65.1 Å². The van der Waals surface area contributed by atoms with E-state index >= 15 is 0 Å². The van der Waals surface area contributed by atoms with E-state index in [2.05, 4.69) is 36.1 Å². The van der Waals surface area contributed by atoms with Crippen LogP contribution in [0.4, 0.5) is 11.6 Å². The Morgan fingerprint density at radius 1 is 1.14 bits per heavy atom. The first-order valence-corrected chi connectivity index (χ1v) is 10.3. The van der Waals surface area contributed by atoms with Gasteiger partial charge < -0.3 is 20.0 Å². The molecule has 3 aliphatic rings. The largest absolute Gasteiger partial charge is 0.362 e. The van der Waals surface area contributed by atoms with Crippen molar-refractivity contribution in [1.29, 1.82) is 0 Å². The van der Waals surface area contributed by atoms with E-state index in [0.717, 1.165) is 57.3 Å². The van der Waals surface area contributed by atoms with E-state index in [9.17, 15) is 4.79 Å². The number of rotatable bonds is 3. The molecule has 0 saturated carbocycles. The van der Waals surface area contributed by atoms with E-state index in [-0.39, 0.29) is 5.91 Å². The summed E-state index contributed by atoms with van der Waals surface area (Å²) < 4.78 is 0. The SMILES string of the molecule is CN(C)c1nccc2c1CN(c1cnc(C(=O)N3C[C@H]4CNC[C@H]4C3)cn1)CC2. The number of nitrogens with one attached hydrogen (secondary N) is 1. The van der Waals surface area contributed by atoms with Crippen molar-refractivity contribution in [3.05, 3.63) is 41.5 Å². The Hall–Kier alpha value is -2.74. The lowest BCUT2D eigenvalue weighted by Crippen LogP contribution is -2.34. The fourth-order valence-electron chi connectivity index (χ4n) is 4.81. The molecule has 1 amide bonds. The molecule has 3 aliphatic heterocycles. The van der Waals surface area contributed by atoms with Crippen LogP contribution in [-0.4, -0.2) is 72.6 Å². The zero-order chi connectivity index (χ0) is 20.0. The van der Waals surface area contributed by atoms with Crippen molar-refractivity contribution in [2.75, 3.05) is 56.6 Å². The van der Waals surface area contributed by atoms with Crippen LogP contribution in [-0.2, 0) is 13.0 Å². The monoisotopic (exact) mass is 393 g/mol. The smallest absolute Gasteiger partial charge is 0.274 e. The molecule has 0 bridgehead atoms. The Morgan fingerprint density at radius 3 is 2.62 bits per heavy atom. The van der Waals surface area contributed by atoms with Crippen LogP contribution in [0.15, 0.2) is 24.7 Å². The minimum absolute atomic E-state index is 0.00142. The maximum Gasteiger partial charge on any atom is 0.274 e. The predicted octanol–water partition coefficient (Wildman–Crippen LogP) is 0.792. The number of nitrogens with zero attached hydrogens (tertiary/aromatic N) is 6. The zero-order valence-electron chi connectivity index (χ0n) is 17.0. The summed E-state index contributed by atoms with van der Waals surface area (Å²) in [6.45, 7) is 5.31. The first kappa shape index (κ1) is 18.3. The van der Waals surface area contributed by atoms with Crippen molar-refractivity contribution in [2.45, 2.75) is 13.0 Å². The van der Waals surface area contributed by atoms with Crippen LogP contribution in [0, 0.1) is 11.8 Å². The Kier molecular flexibility index (Phi) is 4.58. The highest BCUT2D eigenvalue weighted by Gasteiger charge is 2.38. The van der Waals surface area contributed by atoms with E-state index in [4.69, 9.17) is 0 Å². The highest BCUT2D eigenvalue weighted by molar-refractivity contribution is 5.92. The Labute approximate surface area is 171 Å². The molecule has 152 valence electrons. The molecule has 1 N–H and O–H groups in total. The molecule has 2 fully saturated rings. The van der Waals surface area contributed by atoms with Gasteiger partial charge in [-0.05, 0) is 29.9 Å². The number of aromatic nitrogens is 3. The van der Waals surface area contributed by atoms with Gasteiger partial charge in [-0.2, -0.15) is 0 Å². The summed E-state index contributed by atoms with van der Waals surface area (Å²) in [4.78, 5) is 32.6. The third-order valence-electron chi connectivity index (χ3n) is 6.41. The molecule has 0 aliphatic carbocycles. The Balaban J connectivity index is 1.30. The van der Waals surface area contributed by atoms with Gasteiger partial charge in [0.25, 0.3) is 5.91 Å². The number of pyridine rings is 1. The fraction of sp³-hybridized carbons (Fsp3) is 0.524. The van der Waals surface area contributed by atoms with Crippen LogP contribution in [0.3, 0.4) is 0 Å². The first-order chi connectivity index (χ1) is 14.1. The van der Waals surface area contributed by atoms with Crippen molar-refractivity contribution < 1.29 is 4.79 Å². The molecule has 8 heteroatoms. The number of likely N-dealkylation sites (tertiary alicyclic amines) is 1. The zero-order valence-corrected chi connectivity index (χ0v) is 17.0. The molecular weight excluding hydrogens is 366 g/mol. The van der Waals surface area contributed by atoms with Crippen LogP contribution in [0.5, 0.6) is 0 Å². The van der Waals surface area contributed by atoms with Crippen molar-refractivity contribution >= 4 is 17.5 Å². The molecule has 0 radical (unpaired) electrons. The number of anilines is 2. The first-order valence-electron chi connectivity index (χ1n) is 10.3. The average Bonchev–Trinajstić information content (AvgIpc) is 3.35. The molecular formula is C21H27N7O. The molecule has 2 saturated heterocycles. The quantitative estimate of drug-likeness (QED) is 0.826. The molecule has 0 spiro atoms. The van der Waals surface area contributed by atoms with Crippen molar-refractivity contribution in [2.24, 2.45) is 11.8 Å². The standard InChI is InChI=1S/C21H27N7O/c1-26(2)20-17-13-27(6-4-14(17)3-5-23-20)19-10-24-18(9-25-19)21(29)28-11-15-7-22-8-16(15)12-28/h3,5,9-10,15-16,22H,4,6-8,11-13H2,1-2H3/t15-,16+.